The van der Waals surface area contributed by atoms with Gasteiger partial charge in [-0.05, 0) is 24.3 Å². The zero-order chi connectivity index (χ0) is 12.5. The number of benzene rings is 1. The molecule has 0 N–H and O–H groups in total. The zero-order valence-electron chi connectivity index (χ0n) is 9.38. The number of para-hydroxylation sites is 1. The van der Waals surface area contributed by atoms with Crippen LogP contribution in [0.1, 0.15) is 11.3 Å². The Bertz CT molecular complexity index is 637. The minimum atomic E-state index is -0.219. The summed E-state index contributed by atoms with van der Waals surface area (Å²) in [5, 5.41) is 0. The second kappa shape index (κ2) is 4.27. The molecule has 3 rings (SSSR count). The predicted molar refractivity (Wildman–Crippen MR) is 71.9 cm³/mol. The lowest BCUT2D eigenvalue weighted by atomic mass is 10.1. The number of amides is 1. The number of nitrogens with zero attached hydrogens (tertiary/aromatic N) is 2. The van der Waals surface area contributed by atoms with E-state index in [0.717, 1.165) is 15.7 Å². The van der Waals surface area contributed by atoms with Crippen LogP contribution in [0.15, 0.2) is 48.7 Å². The first-order valence-corrected chi connectivity index (χ1v) is 5.83. The van der Waals surface area contributed by atoms with Crippen molar-refractivity contribution in [2.45, 2.75) is 0 Å². The van der Waals surface area contributed by atoms with E-state index in [4.69, 9.17) is 11.8 Å². The van der Waals surface area contributed by atoms with Gasteiger partial charge in [-0.2, -0.15) is 0 Å². The van der Waals surface area contributed by atoms with Gasteiger partial charge in [-0.15, -0.1) is 0 Å². The summed E-state index contributed by atoms with van der Waals surface area (Å²) in [6.45, 7) is 0. The van der Waals surface area contributed by atoms with Crippen molar-refractivity contribution in [3.8, 4) is 0 Å². The highest BCUT2D eigenvalue weighted by Crippen LogP contribution is 2.38. The summed E-state index contributed by atoms with van der Waals surface area (Å²) in [4.78, 5) is 16.2. The molecule has 18 heavy (non-hydrogen) atoms. The van der Waals surface area contributed by atoms with E-state index in [2.05, 4.69) is 4.98 Å². The molecule has 0 fully saturated rings. The molecular formula is C14H9ClN2O. The molecule has 4 heteroatoms. The number of carbonyl (C=O) groups excluding carboxylic acids is 1. The number of rotatable bonds is 1. The van der Waals surface area contributed by atoms with Crippen molar-refractivity contribution in [1.29, 1.82) is 0 Å². The van der Waals surface area contributed by atoms with E-state index in [1.807, 2.05) is 42.5 Å². The molecule has 1 amide bonds. The second-order valence-corrected chi connectivity index (χ2v) is 4.25. The fourth-order valence-electron chi connectivity index (χ4n) is 1.95. The summed E-state index contributed by atoms with van der Waals surface area (Å²) < 4.78 is 1.14. The van der Waals surface area contributed by atoms with Gasteiger partial charge in [-0.25, -0.2) is 4.42 Å². The van der Waals surface area contributed by atoms with Crippen LogP contribution in [-0.2, 0) is 4.79 Å². The summed E-state index contributed by atoms with van der Waals surface area (Å²) in [7, 11) is 0. The molecule has 0 saturated carbocycles. The molecular weight excluding hydrogens is 248 g/mol. The number of halogens is 1. The Morgan fingerprint density at radius 2 is 1.89 bits per heavy atom. The zero-order valence-corrected chi connectivity index (χ0v) is 10.1. The van der Waals surface area contributed by atoms with E-state index in [0.29, 0.717) is 11.3 Å². The molecule has 0 bridgehead atoms. The second-order valence-electron chi connectivity index (χ2n) is 3.92. The summed E-state index contributed by atoms with van der Waals surface area (Å²) in [5.41, 5.74) is 2.86. The van der Waals surface area contributed by atoms with Gasteiger partial charge in [0, 0.05) is 23.5 Å². The lowest BCUT2D eigenvalue weighted by Gasteiger charge is -2.03. The van der Waals surface area contributed by atoms with Crippen molar-refractivity contribution in [3.63, 3.8) is 0 Å². The maximum atomic E-state index is 12.1. The molecule has 0 saturated heterocycles. The van der Waals surface area contributed by atoms with E-state index >= 15 is 0 Å². The minimum absolute atomic E-state index is 0.219. The minimum Gasteiger partial charge on any atom is -0.267 e. The summed E-state index contributed by atoms with van der Waals surface area (Å²) in [6, 6.07) is 13.0. The van der Waals surface area contributed by atoms with E-state index in [1.54, 1.807) is 12.3 Å². The lowest BCUT2D eigenvalue weighted by Crippen LogP contribution is -2.13. The molecule has 88 valence electrons. The molecule has 0 atom stereocenters. The Morgan fingerprint density at radius 1 is 1.11 bits per heavy atom. The maximum absolute atomic E-state index is 12.1. The normalized spacial score (nSPS) is 16.2. The van der Waals surface area contributed by atoms with Crippen LogP contribution in [-0.4, -0.2) is 10.9 Å². The molecule has 0 unspecified atom stereocenters. The molecule has 2 aromatic rings. The Kier molecular flexibility index (Phi) is 2.61. The highest BCUT2D eigenvalue weighted by Gasteiger charge is 2.30. The summed E-state index contributed by atoms with van der Waals surface area (Å²) in [5.74, 6) is -0.219. The van der Waals surface area contributed by atoms with Gasteiger partial charge >= 0.3 is 0 Å². The number of hydrogen-bond acceptors (Lipinski definition) is 2. The molecule has 0 spiro atoms. The van der Waals surface area contributed by atoms with Crippen molar-refractivity contribution in [1.82, 2.24) is 4.98 Å². The van der Waals surface area contributed by atoms with Gasteiger partial charge in [-0.3, -0.25) is 9.78 Å². The molecule has 0 radical (unpaired) electrons. The first-order chi connectivity index (χ1) is 8.77. The maximum Gasteiger partial charge on any atom is 0.273 e. The summed E-state index contributed by atoms with van der Waals surface area (Å²) in [6.07, 6.45) is 3.44. The predicted octanol–water partition coefficient (Wildman–Crippen LogP) is 3.12. The Hall–Kier alpha value is -2.13. The van der Waals surface area contributed by atoms with Crippen LogP contribution in [0.2, 0.25) is 0 Å². The van der Waals surface area contributed by atoms with Gasteiger partial charge in [0.15, 0.2) is 0 Å². The average molecular weight is 257 g/mol. The molecule has 0 aliphatic carbocycles. The lowest BCUT2D eigenvalue weighted by molar-refractivity contribution is -0.111. The first kappa shape index (κ1) is 11.0. The highest BCUT2D eigenvalue weighted by molar-refractivity contribution is 6.50. The molecule has 1 aliphatic rings. The molecule has 1 aliphatic heterocycles. The Labute approximate surface area is 109 Å². The van der Waals surface area contributed by atoms with Crippen molar-refractivity contribution >= 4 is 35.0 Å². The number of anilines is 1. The van der Waals surface area contributed by atoms with Crippen LogP contribution < -0.4 is 4.42 Å². The largest absolute Gasteiger partial charge is 0.273 e. The number of carbonyl (C=O) groups is 1. The van der Waals surface area contributed by atoms with E-state index in [9.17, 15) is 4.79 Å². The van der Waals surface area contributed by atoms with Gasteiger partial charge in [0.1, 0.15) is 0 Å². The van der Waals surface area contributed by atoms with Crippen molar-refractivity contribution in [3.05, 3.63) is 59.9 Å². The van der Waals surface area contributed by atoms with Crippen LogP contribution >= 0.6 is 11.8 Å². The number of hydrogen-bond donors (Lipinski definition) is 0. The van der Waals surface area contributed by atoms with Gasteiger partial charge in [0.25, 0.3) is 5.91 Å². The third kappa shape index (κ3) is 1.69. The van der Waals surface area contributed by atoms with E-state index in [-0.39, 0.29) is 5.91 Å². The molecule has 2 heterocycles. The fourth-order valence-corrected chi connectivity index (χ4v) is 2.19. The van der Waals surface area contributed by atoms with E-state index < -0.39 is 0 Å². The third-order valence-corrected chi connectivity index (χ3v) is 3.13. The summed E-state index contributed by atoms with van der Waals surface area (Å²) >= 11 is 5.98. The standard InChI is InChI=1S/C14H9ClN2O/c15-17-13-7-2-1-6-11(13)12(14(17)18)9-10-5-3-4-8-16-10/h1-9H. The number of fused-ring (bicyclic) bond motifs is 1. The quantitative estimate of drug-likeness (QED) is 0.580. The topological polar surface area (TPSA) is 33.2 Å². The van der Waals surface area contributed by atoms with Gasteiger partial charge in [-0.1, -0.05) is 24.3 Å². The Morgan fingerprint density at radius 3 is 2.67 bits per heavy atom. The number of pyridine rings is 1. The van der Waals surface area contributed by atoms with Crippen LogP contribution in [0.25, 0.3) is 11.6 Å². The SMILES string of the molecule is O=C1C(=Cc2ccccn2)c2ccccc2N1Cl. The molecule has 1 aromatic heterocycles. The van der Waals surface area contributed by atoms with Crippen LogP contribution in [0, 0.1) is 0 Å². The van der Waals surface area contributed by atoms with Gasteiger partial charge < -0.3 is 0 Å². The Balaban J connectivity index is 2.14. The van der Waals surface area contributed by atoms with Crippen molar-refractivity contribution in [2.24, 2.45) is 0 Å². The van der Waals surface area contributed by atoms with Crippen LogP contribution in [0.4, 0.5) is 5.69 Å². The van der Waals surface area contributed by atoms with Gasteiger partial charge in [0.05, 0.1) is 17.0 Å². The number of aromatic nitrogens is 1. The fraction of sp³-hybridized carbons (Fsp3) is 0. The average Bonchev–Trinajstić information content (AvgIpc) is 2.66. The first-order valence-electron chi connectivity index (χ1n) is 5.50. The van der Waals surface area contributed by atoms with E-state index in [1.165, 1.54) is 0 Å². The van der Waals surface area contributed by atoms with Crippen molar-refractivity contribution in [2.75, 3.05) is 4.42 Å². The smallest absolute Gasteiger partial charge is 0.267 e. The molecule has 1 aromatic carbocycles. The van der Waals surface area contributed by atoms with Crippen LogP contribution in [0.3, 0.4) is 0 Å². The van der Waals surface area contributed by atoms with Crippen LogP contribution in [0.5, 0.6) is 0 Å². The highest BCUT2D eigenvalue weighted by atomic mass is 35.5. The monoisotopic (exact) mass is 256 g/mol. The van der Waals surface area contributed by atoms with Crippen molar-refractivity contribution < 1.29 is 4.79 Å². The third-order valence-electron chi connectivity index (χ3n) is 2.79. The van der Waals surface area contributed by atoms with Gasteiger partial charge in [0.2, 0.25) is 0 Å². The molecule has 3 nitrogen and oxygen atoms in total.